The number of rotatable bonds is 2. The van der Waals surface area contributed by atoms with E-state index in [1.54, 1.807) is 11.9 Å². The van der Waals surface area contributed by atoms with E-state index in [2.05, 4.69) is 4.98 Å². The van der Waals surface area contributed by atoms with Crippen molar-refractivity contribution in [2.24, 2.45) is 0 Å². The Morgan fingerprint density at radius 2 is 1.88 bits per heavy atom. The summed E-state index contributed by atoms with van der Waals surface area (Å²) in [6.45, 7) is 3.90. The van der Waals surface area contributed by atoms with Crippen LogP contribution in [0, 0.1) is 13.8 Å². The van der Waals surface area contributed by atoms with Gasteiger partial charge in [0.1, 0.15) is 0 Å². The van der Waals surface area contributed by atoms with Gasteiger partial charge in [0, 0.05) is 17.6 Å². The van der Waals surface area contributed by atoms with Crippen LogP contribution in [0.2, 0.25) is 0 Å². The van der Waals surface area contributed by atoms with Gasteiger partial charge >= 0.3 is 0 Å². The van der Waals surface area contributed by atoms with Crippen LogP contribution in [-0.4, -0.2) is 17.9 Å². The number of para-hydroxylation sites is 1. The topological polar surface area (TPSA) is 33.2 Å². The van der Waals surface area contributed by atoms with Gasteiger partial charge in [0.25, 0.3) is 5.91 Å². The number of anilines is 1. The van der Waals surface area contributed by atoms with E-state index in [1.807, 2.05) is 44.2 Å². The van der Waals surface area contributed by atoms with Crippen LogP contribution >= 0.6 is 11.3 Å². The molecule has 0 saturated carbocycles. The van der Waals surface area contributed by atoms with Gasteiger partial charge in [0.05, 0.1) is 5.69 Å². The van der Waals surface area contributed by atoms with Crippen molar-refractivity contribution < 1.29 is 4.79 Å². The molecule has 0 spiro atoms. The fraction of sp³-hybridized carbons (Fsp3) is 0.231. The third-order valence-corrected chi connectivity index (χ3v) is 3.72. The molecule has 0 saturated heterocycles. The molecule has 2 aromatic rings. The molecular weight excluding hydrogens is 232 g/mol. The maximum Gasteiger partial charge on any atom is 0.286 e. The number of hydrogen-bond acceptors (Lipinski definition) is 3. The van der Waals surface area contributed by atoms with Crippen molar-refractivity contribution in [2.75, 3.05) is 11.9 Å². The molecule has 1 aromatic carbocycles. The first-order valence-electron chi connectivity index (χ1n) is 5.36. The predicted octanol–water partition coefficient (Wildman–Crippen LogP) is 3.04. The average Bonchev–Trinajstić information content (AvgIpc) is 2.69. The van der Waals surface area contributed by atoms with Gasteiger partial charge in [0.2, 0.25) is 0 Å². The summed E-state index contributed by atoms with van der Waals surface area (Å²) in [5.41, 5.74) is 1.81. The maximum atomic E-state index is 12.2. The second-order valence-electron chi connectivity index (χ2n) is 3.86. The van der Waals surface area contributed by atoms with E-state index < -0.39 is 0 Å². The summed E-state index contributed by atoms with van der Waals surface area (Å²) in [6.07, 6.45) is 0. The molecule has 0 aliphatic heterocycles. The first-order valence-corrected chi connectivity index (χ1v) is 6.18. The zero-order chi connectivity index (χ0) is 12.4. The highest BCUT2D eigenvalue weighted by atomic mass is 32.1. The summed E-state index contributed by atoms with van der Waals surface area (Å²) in [5, 5.41) is 0.548. The molecule has 0 unspecified atom stereocenters. The summed E-state index contributed by atoms with van der Waals surface area (Å²) in [4.78, 5) is 19.2. The number of carbonyl (C=O) groups excluding carboxylic acids is 1. The van der Waals surface area contributed by atoms with Gasteiger partial charge in [-0.1, -0.05) is 18.2 Å². The van der Waals surface area contributed by atoms with Gasteiger partial charge in [-0.05, 0) is 26.0 Å². The number of carbonyl (C=O) groups is 1. The van der Waals surface area contributed by atoms with Crippen molar-refractivity contribution >= 4 is 22.9 Å². The first-order chi connectivity index (χ1) is 8.09. The zero-order valence-corrected chi connectivity index (χ0v) is 10.9. The molecule has 1 amide bonds. The lowest BCUT2D eigenvalue weighted by atomic mass is 10.3. The van der Waals surface area contributed by atoms with E-state index in [0.717, 1.165) is 16.3 Å². The highest BCUT2D eigenvalue weighted by Crippen LogP contribution is 2.20. The average molecular weight is 246 g/mol. The molecule has 0 bridgehead atoms. The van der Waals surface area contributed by atoms with Crippen LogP contribution in [0.3, 0.4) is 0 Å². The Kier molecular flexibility index (Phi) is 3.24. The first kappa shape index (κ1) is 11.8. The van der Waals surface area contributed by atoms with E-state index in [0.29, 0.717) is 5.01 Å². The number of benzene rings is 1. The molecule has 0 radical (unpaired) electrons. The van der Waals surface area contributed by atoms with Crippen molar-refractivity contribution in [3.05, 3.63) is 45.9 Å². The monoisotopic (exact) mass is 246 g/mol. The van der Waals surface area contributed by atoms with Crippen LogP contribution < -0.4 is 4.90 Å². The molecule has 4 heteroatoms. The van der Waals surface area contributed by atoms with Crippen LogP contribution in [0.5, 0.6) is 0 Å². The predicted molar refractivity (Wildman–Crippen MR) is 70.8 cm³/mol. The summed E-state index contributed by atoms with van der Waals surface area (Å²) in [5.74, 6) is -0.0580. The Bertz CT molecular complexity index is 514. The van der Waals surface area contributed by atoms with Crippen LogP contribution in [0.25, 0.3) is 0 Å². The number of amides is 1. The lowest BCUT2D eigenvalue weighted by molar-refractivity contribution is 0.0992. The lowest BCUT2D eigenvalue weighted by Gasteiger charge is -2.15. The second kappa shape index (κ2) is 4.67. The van der Waals surface area contributed by atoms with Crippen LogP contribution in [0.4, 0.5) is 5.69 Å². The van der Waals surface area contributed by atoms with Gasteiger partial charge in [-0.15, -0.1) is 11.3 Å². The molecule has 88 valence electrons. The summed E-state index contributed by atoms with van der Waals surface area (Å²) in [6, 6.07) is 9.57. The minimum absolute atomic E-state index is 0.0580. The molecule has 17 heavy (non-hydrogen) atoms. The third kappa shape index (κ3) is 2.36. The van der Waals surface area contributed by atoms with E-state index in [1.165, 1.54) is 11.3 Å². The SMILES string of the molecule is Cc1nc(C(=O)N(C)c2ccccc2)sc1C. The molecule has 0 atom stereocenters. The number of thiazole rings is 1. The summed E-state index contributed by atoms with van der Waals surface area (Å²) >= 11 is 1.44. The smallest absolute Gasteiger partial charge is 0.286 e. The number of hydrogen-bond donors (Lipinski definition) is 0. The Labute approximate surface area is 105 Å². The quantitative estimate of drug-likeness (QED) is 0.816. The van der Waals surface area contributed by atoms with E-state index in [4.69, 9.17) is 0 Å². The number of nitrogens with zero attached hydrogens (tertiary/aromatic N) is 2. The minimum atomic E-state index is -0.0580. The van der Waals surface area contributed by atoms with Crippen LogP contribution in [0.1, 0.15) is 20.4 Å². The Balaban J connectivity index is 2.26. The highest BCUT2D eigenvalue weighted by molar-refractivity contribution is 7.13. The van der Waals surface area contributed by atoms with Gasteiger partial charge in [0.15, 0.2) is 5.01 Å². The molecule has 0 fully saturated rings. The van der Waals surface area contributed by atoms with E-state index >= 15 is 0 Å². The largest absolute Gasteiger partial charge is 0.309 e. The summed E-state index contributed by atoms with van der Waals surface area (Å²) < 4.78 is 0. The standard InChI is InChI=1S/C13H14N2OS/c1-9-10(2)17-12(14-9)13(16)15(3)11-7-5-4-6-8-11/h4-8H,1-3H3. The molecule has 1 aromatic heterocycles. The zero-order valence-electron chi connectivity index (χ0n) is 10.1. The lowest BCUT2D eigenvalue weighted by Crippen LogP contribution is -2.25. The number of aryl methyl sites for hydroxylation is 2. The fourth-order valence-electron chi connectivity index (χ4n) is 1.48. The van der Waals surface area contributed by atoms with Crippen LogP contribution in [-0.2, 0) is 0 Å². The summed E-state index contributed by atoms with van der Waals surface area (Å²) in [7, 11) is 1.77. The van der Waals surface area contributed by atoms with Crippen molar-refractivity contribution in [1.82, 2.24) is 4.98 Å². The Morgan fingerprint density at radius 3 is 2.41 bits per heavy atom. The molecule has 0 aliphatic carbocycles. The maximum absolute atomic E-state index is 12.2. The highest BCUT2D eigenvalue weighted by Gasteiger charge is 2.17. The van der Waals surface area contributed by atoms with Crippen molar-refractivity contribution in [3.8, 4) is 0 Å². The molecule has 1 heterocycles. The fourth-order valence-corrected chi connectivity index (χ4v) is 2.37. The van der Waals surface area contributed by atoms with Crippen molar-refractivity contribution in [2.45, 2.75) is 13.8 Å². The van der Waals surface area contributed by atoms with Crippen molar-refractivity contribution in [1.29, 1.82) is 0 Å². The Hall–Kier alpha value is -1.68. The van der Waals surface area contributed by atoms with E-state index in [9.17, 15) is 4.79 Å². The molecular formula is C13H14N2OS. The minimum Gasteiger partial charge on any atom is -0.309 e. The van der Waals surface area contributed by atoms with Crippen molar-refractivity contribution in [3.63, 3.8) is 0 Å². The molecule has 2 rings (SSSR count). The number of aromatic nitrogens is 1. The van der Waals surface area contributed by atoms with Gasteiger partial charge in [-0.25, -0.2) is 4.98 Å². The molecule has 0 N–H and O–H groups in total. The second-order valence-corrected chi connectivity index (χ2v) is 5.06. The van der Waals surface area contributed by atoms with Crippen LogP contribution in [0.15, 0.2) is 30.3 Å². The molecule has 3 nitrogen and oxygen atoms in total. The van der Waals surface area contributed by atoms with Gasteiger partial charge < -0.3 is 4.90 Å². The van der Waals surface area contributed by atoms with Gasteiger partial charge in [-0.2, -0.15) is 0 Å². The molecule has 0 aliphatic rings. The van der Waals surface area contributed by atoms with E-state index in [-0.39, 0.29) is 5.91 Å². The van der Waals surface area contributed by atoms with Gasteiger partial charge in [-0.3, -0.25) is 4.79 Å². The third-order valence-electron chi connectivity index (χ3n) is 2.66. The normalized spacial score (nSPS) is 10.3. The Morgan fingerprint density at radius 1 is 1.24 bits per heavy atom.